The molecule has 4 rings (SSSR count). The summed E-state index contributed by atoms with van der Waals surface area (Å²) >= 11 is 0. The van der Waals surface area contributed by atoms with Crippen molar-refractivity contribution in [2.45, 2.75) is 36.0 Å². The number of benzene rings is 1. The van der Waals surface area contributed by atoms with Crippen molar-refractivity contribution in [2.75, 3.05) is 32.1 Å². The fraction of sp³-hybridized carbons (Fsp3) is 0.450. The fourth-order valence-corrected chi connectivity index (χ4v) is 6.07. The summed E-state index contributed by atoms with van der Waals surface area (Å²) in [7, 11) is 0.0650. The van der Waals surface area contributed by atoms with E-state index in [4.69, 9.17) is 4.98 Å². The molecule has 1 aliphatic heterocycles. The maximum atomic E-state index is 13.3. The van der Waals surface area contributed by atoms with Crippen LogP contribution >= 0.6 is 0 Å². The van der Waals surface area contributed by atoms with Crippen LogP contribution in [0.1, 0.15) is 36.1 Å². The van der Waals surface area contributed by atoms with Gasteiger partial charge in [-0.05, 0) is 43.4 Å². The van der Waals surface area contributed by atoms with Crippen LogP contribution in [-0.2, 0) is 21.9 Å². The number of nitriles is 1. The van der Waals surface area contributed by atoms with E-state index in [0.29, 0.717) is 19.0 Å². The van der Waals surface area contributed by atoms with E-state index in [-0.39, 0.29) is 15.9 Å². The van der Waals surface area contributed by atoms with E-state index in [0.717, 1.165) is 36.9 Å². The van der Waals surface area contributed by atoms with Gasteiger partial charge in [0.25, 0.3) is 0 Å². The van der Waals surface area contributed by atoms with Crippen LogP contribution in [0.15, 0.2) is 35.4 Å². The molecule has 1 atom stereocenters. The predicted octanol–water partition coefficient (Wildman–Crippen LogP) is 2.08. The van der Waals surface area contributed by atoms with Crippen LogP contribution in [0.3, 0.4) is 0 Å². The summed E-state index contributed by atoms with van der Waals surface area (Å²) in [4.78, 5) is 11.2. The average Bonchev–Trinajstić information content (AvgIpc) is 3.05. The minimum absolute atomic E-state index is 0.0874. The Morgan fingerprint density at radius 1 is 1.25 bits per heavy atom. The van der Waals surface area contributed by atoms with E-state index in [1.807, 2.05) is 31.3 Å². The lowest BCUT2D eigenvalue weighted by Gasteiger charge is -2.40. The van der Waals surface area contributed by atoms with Gasteiger partial charge in [-0.25, -0.2) is 18.4 Å². The summed E-state index contributed by atoms with van der Waals surface area (Å²) in [5, 5.41) is 9.34. The van der Waals surface area contributed by atoms with E-state index in [2.05, 4.69) is 4.98 Å². The maximum absolute atomic E-state index is 13.3. The van der Waals surface area contributed by atoms with Gasteiger partial charge in [0.05, 0.1) is 16.2 Å². The van der Waals surface area contributed by atoms with Gasteiger partial charge in [-0.1, -0.05) is 12.1 Å². The molecule has 1 spiro atoms. The molecule has 0 bridgehead atoms. The molecule has 0 radical (unpaired) electrons. The van der Waals surface area contributed by atoms with Gasteiger partial charge >= 0.3 is 0 Å². The molecule has 1 aliphatic carbocycles. The van der Waals surface area contributed by atoms with Crippen molar-refractivity contribution in [3.63, 3.8) is 0 Å². The van der Waals surface area contributed by atoms with Crippen molar-refractivity contribution in [3.05, 3.63) is 47.3 Å². The number of piperidine rings is 1. The van der Waals surface area contributed by atoms with Crippen LogP contribution in [0.2, 0.25) is 0 Å². The maximum Gasteiger partial charge on any atom is 0.244 e. The highest BCUT2D eigenvalue weighted by Crippen LogP contribution is 2.45. The first kappa shape index (κ1) is 18.8. The van der Waals surface area contributed by atoms with Crippen molar-refractivity contribution >= 4 is 16.0 Å². The lowest BCUT2D eigenvalue weighted by atomic mass is 9.78. The number of fused-ring (bicyclic) bond motifs is 2. The number of nitrogens with zero attached hydrogens (tertiary/aromatic N) is 5. The van der Waals surface area contributed by atoms with E-state index < -0.39 is 10.0 Å². The highest BCUT2D eigenvalue weighted by atomic mass is 32.2. The predicted molar refractivity (Wildman–Crippen MR) is 106 cm³/mol. The third-order valence-electron chi connectivity index (χ3n) is 5.79. The van der Waals surface area contributed by atoms with Gasteiger partial charge in [0, 0.05) is 38.8 Å². The van der Waals surface area contributed by atoms with Crippen molar-refractivity contribution in [3.8, 4) is 6.07 Å². The summed E-state index contributed by atoms with van der Waals surface area (Å²) < 4.78 is 28.2. The Bertz CT molecular complexity index is 1060. The Morgan fingerprint density at radius 2 is 2.04 bits per heavy atom. The largest absolute Gasteiger partial charge is 0.347 e. The zero-order chi connectivity index (χ0) is 19.9. The molecule has 2 aromatic rings. The second-order valence-electron chi connectivity index (χ2n) is 7.77. The second kappa shape index (κ2) is 6.83. The van der Waals surface area contributed by atoms with Crippen LogP contribution < -0.4 is 4.90 Å². The molecule has 1 aromatic carbocycles. The number of aromatic nitrogens is 2. The number of aryl methyl sites for hydroxylation is 1. The molecule has 0 N–H and O–H groups in total. The molecular formula is C20H23N5O2S. The Morgan fingerprint density at radius 3 is 2.79 bits per heavy atom. The summed E-state index contributed by atoms with van der Waals surface area (Å²) in [6, 6.07) is 8.42. The van der Waals surface area contributed by atoms with Gasteiger partial charge in [-0.3, -0.25) is 0 Å². The normalized spacial score (nSPS) is 22.0. The van der Waals surface area contributed by atoms with Gasteiger partial charge in [-0.2, -0.15) is 9.57 Å². The molecule has 0 amide bonds. The summed E-state index contributed by atoms with van der Waals surface area (Å²) in [6.07, 6.45) is 5.31. The van der Waals surface area contributed by atoms with E-state index in [9.17, 15) is 13.7 Å². The molecule has 146 valence electrons. The van der Waals surface area contributed by atoms with Crippen LogP contribution in [-0.4, -0.2) is 49.9 Å². The van der Waals surface area contributed by atoms with Crippen molar-refractivity contribution in [1.29, 1.82) is 5.26 Å². The Hall–Kier alpha value is -2.50. The molecule has 8 heteroatoms. The summed E-state index contributed by atoms with van der Waals surface area (Å²) in [5.74, 6) is 0.648. The summed E-state index contributed by atoms with van der Waals surface area (Å²) in [6.45, 7) is 0.858. The number of sulfonamides is 1. The van der Waals surface area contributed by atoms with Gasteiger partial charge in [-0.15, -0.1) is 0 Å². The van der Waals surface area contributed by atoms with Crippen molar-refractivity contribution in [2.24, 2.45) is 0 Å². The van der Waals surface area contributed by atoms with Crippen molar-refractivity contribution < 1.29 is 8.42 Å². The zero-order valence-electron chi connectivity index (χ0n) is 16.1. The molecule has 1 saturated heterocycles. The average molecular weight is 398 g/mol. The topological polar surface area (TPSA) is 90.2 Å². The third-order valence-corrected chi connectivity index (χ3v) is 7.70. The third kappa shape index (κ3) is 2.95. The molecule has 1 unspecified atom stereocenters. The molecule has 1 aromatic heterocycles. The molecular weight excluding hydrogens is 374 g/mol. The van der Waals surface area contributed by atoms with Gasteiger partial charge in [0.15, 0.2) is 0 Å². The first-order valence-corrected chi connectivity index (χ1v) is 10.8. The minimum Gasteiger partial charge on any atom is -0.347 e. The number of hydrogen-bond acceptors (Lipinski definition) is 6. The number of rotatable bonds is 3. The molecule has 7 nitrogen and oxygen atoms in total. The van der Waals surface area contributed by atoms with Crippen LogP contribution in [0.4, 0.5) is 5.95 Å². The standard InChI is InChI=1S/C20H23N5O2S/c1-24(2)19-22-13-16-8-10-20(18(16)23-19)9-5-11-25(14-20)28(26,27)17-7-4-3-6-15(17)12-21/h3-4,6-7,13H,5,8-11,14H2,1-2H3. The van der Waals surface area contributed by atoms with E-state index in [1.54, 1.807) is 22.5 Å². The van der Waals surface area contributed by atoms with Gasteiger partial charge < -0.3 is 4.90 Å². The molecule has 2 aliphatic rings. The second-order valence-corrected chi connectivity index (χ2v) is 9.68. The zero-order valence-corrected chi connectivity index (χ0v) is 16.9. The van der Waals surface area contributed by atoms with Crippen LogP contribution in [0.25, 0.3) is 0 Å². The monoisotopic (exact) mass is 397 g/mol. The molecule has 2 heterocycles. The van der Waals surface area contributed by atoms with Crippen LogP contribution in [0, 0.1) is 11.3 Å². The molecule has 1 fully saturated rings. The smallest absolute Gasteiger partial charge is 0.244 e. The van der Waals surface area contributed by atoms with Gasteiger partial charge in [0.1, 0.15) is 6.07 Å². The Kier molecular flexibility index (Phi) is 4.60. The van der Waals surface area contributed by atoms with E-state index in [1.165, 1.54) is 6.07 Å². The Labute approximate surface area is 165 Å². The quantitative estimate of drug-likeness (QED) is 0.788. The highest BCUT2D eigenvalue weighted by Gasteiger charge is 2.46. The molecule has 28 heavy (non-hydrogen) atoms. The number of anilines is 1. The minimum atomic E-state index is -3.74. The SMILES string of the molecule is CN(C)c1ncc2c(n1)C1(CCCN(S(=O)(=O)c3ccccc3C#N)C1)CC2. The van der Waals surface area contributed by atoms with E-state index >= 15 is 0 Å². The van der Waals surface area contributed by atoms with Gasteiger partial charge in [0.2, 0.25) is 16.0 Å². The first-order chi connectivity index (χ1) is 13.4. The first-order valence-electron chi connectivity index (χ1n) is 9.40. The summed E-state index contributed by atoms with van der Waals surface area (Å²) in [5.41, 5.74) is 2.00. The van der Waals surface area contributed by atoms with Crippen LogP contribution in [0.5, 0.6) is 0 Å². The molecule has 0 saturated carbocycles. The number of hydrogen-bond donors (Lipinski definition) is 0. The fourth-order valence-electron chi connectivity index (χ4n) is 4.36. The lowest BCUT2D eigenvalue weighted by Crippen LogP contribution is -2.48. The highest BCUT2D eigenvalue weighted by molar-refractivity contribution is 7.89. The lowest BCUT2D eigenvalue weighted by molar-refractivity contribution is 0.219. The Balaban J connectivity index is 1.72. The van der Waals surface area contributed by atoms with Crippen molar-refractivity contribution in [1.82, 2.24) is 14.3 Å².